The van der Waals surface area contributed by atoms with Gasteiger partial charge in [0.1, 0.15) is 0 Å². The highest BCUT2D eigenvalue weighted by molar-refractivity contribution is 5.97. The van der Waals surface area contributed by atoms with Crippen LogP contribution in [0.5, 0.6) is 0 Å². The van der Waals surface area contributed by atoms with Crippen LogP contribution in [0.3, 0.4) is 0 Å². The van der Waals surface area contributed by atoms with Crippen LogP contribution in [0.2, 0.25) is 0 Å². The Morgan fingerprint density at radius 1 is 1.00 bits per heavy atom. The number of carbonyl (C=O) groups is 3. The zero-order valence-electron chi connectivity index (χ0n) is 16.4. The number of benzene rings is 2. The van der Waals surface area contributed by atoms with Crippen molar-refractivity contribution < 1.29 is 19.3 Å². The molecule has 0 bridgehead atoms. The summed E-state index contributed by atoms with van der Waals surface area (Å²) in [6, 6.07) is 10.9. The third kappa shape index (κ3) is 5.19. The predicted octanol–water partition coefficient (Wildman–Crippen LogP) is 2.41. The van der Waals surface area contributed by atoms with E-state index in [0.29, 0.717) is 11.3 Å². The van der Waals surface area contributed by atoms with Crippen molar-refractivity contribution in [3.05, 3.63) is 69.3 Å². The van der Waals surface area contributed by atoms with Crippen LogP contribution in [0.4, 0.5) is 11.4 Å². The van der Waals surface area contributed by atoms with Crippen LogP contribution < -0.4 is 16.0 Å². The van der Waals surface area contributed by atoms with Crippen molar-refractivity contribution in [2.75, 3.05) is 18.4 Å². The topological polar surface area (TPSA) is 130 Å². The molecular weight excluding hydrogens is 388 g/mol. The van der Waals surface area contributed by atoms with Gasteiger partial charge in [0.05, 0.1) is 4.92 Å². The van der Waals surface area contributed by atoms with Gasteiger partial charge in [0.2, 0.25) is 5.91 Å². The second kappa shape index (κ2) is 9.17. The fourth-order valence-electron chi connectivity index (χ4n) is 2.91. The third-order valence-electron chi connectivity index (χ3n) is 4.81. The average molecular weight is 410 g/mol. The summed E-state index contributed by atoms with van der Waals surface area (Å²) < 4.78 is 0. The molecule has 0 aliphatic heterocycles. The Kier molecular flexibility index (Phi) is 6.41. The number of amides is 3. The highest BCUT2D eigenvalue weighted by Gasteiger charge is 2.29. The lowest BCUT2D eigenvalue weighted by molar-refractivity contribution is -0.385. The van der Waals surface area contributed by atoms with E-state index >= 15 is 0 Å². The van der Waals surface area contributed by atoms with E-state index < -0.39 is 10.8 Å². The van der Waals surface area contributed by atoms with Gasteiger partial charge in [-0.15, -0.1) is 0 Å². The van der Waals surface area contributed by atoms with Gasteiger partial charge >= 0.3 is 0 Å². The maximum Gasteiger partial charge on any atom is 0.273 e. The van der Waals surface area contributed by atoms with E-state index in [-0.39, 0.29) is 47.6 Å². The van der Waals surface area contributed by atoms with Crippen molar-refractivity contribution in [3.63, 3.8) is 0 Å². The molecule has 0 radical (unpaired) electrons. The molecule has 156 valence electrons. The molecule has 9 heteroatoms. The van der Waals surface area contributed by atoms with Gasteiger partial charge in [0.15, 0.2) is 0 Å². The number of hydrogen-bond donors (Lipinski definition) is 3. The molecule has 1 aliphatic rings. The van der Waals surface area contributed by atoms with Crippen LogP contribution in [0.25, 0.3) is 0 Å². The van der Waals surface area contributed by atoms with Crippen molar-refractivity contribution in [2.24, 2.45) is 5.92 Å². The number of hydrogen-bond acceptors (Lipinski definition) is 5. The maximum absolute atomic E-state index is 12.3. The number of nitro groups is 1. The minimum atomic E-state index is -0.533. The Bertz CT molecular complexity index is 983. The molecule has 0 saturated heterocycles. The molecule has 9 nitrogen and oxygen atoms in total. The van der Waals surface area contributed by atoms with Crippen LogP contribution in [-0.4, -0.2) is 35.7 Å². The standard InChI is InChI=1S/C21H22N4O5/c1-13-17(3-2-4-18(13)25(29)30)21(28)23-12-11-22-19(26)14-7-9-16(10-8-14)24-20(27)15-5-6-15/h2-4,7-10,15H,5-6,11-12H2,1H3,(H,22,26)(H,23,28)(H,24,27). The number of nitrogens with one attached hydrogen (secondary N) is 3. The van der Waals surface area contributed by atoms with Crippen molar-refractivity contribution in [2.45, 2.75) is 19.8 Å². The van der Waals surface area contributed by atoms with Crippen molar-refractivity contribution in [1.29, 1.82) is 0 Å². The van der Waals surface area contributed by atoms with Gasteiger partial charge in [-0.25, -0.2) is 0 Å². The van der Waals surface area contributed by atoms with Crippen molar-refractivity contribution >= 4 is 29.1 Å². The second-order valence-corrected chi connectivity index (χ2v) is 7.06. The zero-order chi connectivity index (χ0) is 21.7. The first-order valence-corrected chi connectivity index (χ1v) is 9.58. The maximum atomic E-state index is 12.3. The number of nitrogens with zero attached hydrogens (tertiary/aromatic N) is 1. The van der Waals surface area contributed by atoms with Gasteiger partial charge in [-0.05, 0) is 50.1 Å². The lowest BCUT2D eigenvalue weighted by Gasteiger charge is -2.09. The molecule has 30 heavy (non-hydrogen) atoms. The number of rotatable bonds is 8. The quantitative estimate of drug-likeness (QED) is 0.349. The fraction of sp³-hybridized carbons (Fsp3) is 0.286. The first-order valence-electron chi connectivity index (χ1n) is 9.58. The van der Waals surface area contributed by atoms with Gasteiger partial charge < -0.3 is 16.0 Å². The Hall–Kier alpha value is -3.75. The lowest BCUT2D eigenvalue weighted by atomic mass is 10.1. The molecule has 3 N–H and O–H groups in total. The summed E-state index contributed by atoms with van der Waals surface area (Å²) in [5.41, 5.74) is 1.47. The summed E-state index contributed by atoms with van der Waals surface area (Å²) in [6.45, 7) is 1.88. The first kappa shape index (κ1) is 21.0. The third-order valence-corrected chi connectivity index (χ3v) is 4.81. The highest BCUT2D eigenvalue weighted by Crippen LogP contribution is 2.30. The molecule has 3 rings (SSSR count). The van der Waals surface area contributed by atoms with Gasteiger partial charge in [-0.3, -0.25) is 24.5 Å². The van der Waals surface area contributed by atoms with E-state index in [9.17, 15) is 24.5 Å². The predicted molar refractivity (Wildman–Crippen MR) is 110 cm³/mol. The molecule has 0 aromatic heterocycles. The van der Waals surface area contributed by atoms with E-state index in [1.54, 1.807) is 24.3 Å². The molecule has 0 spiro atoms. The van der Waals surface area contributed by atoms with Gasteiger partial charge in [-0.1, -0.05) is 6.07 Å². The van der Waals surface area contributed by atoms with Crippen molar-refractivity contribution in [1.82, 2.24) is 10.6 Å². The Balaban J connectivity index is 1.45. The smallest absolute Gasteiger partial charge is 0.273 e. The van der Waals surface area contributed by atoms with Crippen LogP contribution in [0.15, 0.2) is 42.5 Å². The normalized spacial score (nSPS) is 12.7. The molecule has 2 aromatic rings. The molecule has 0 atom stereocenters. The minimum absolute atomic E-state index is 0.00179. The summed E-state index contributed by atoms with van der Waals surface area (Å²) in [7, 11) is 0. The van der Waals surface area contributed by atoms with Crippen LogP contribution >= 0.6 is 0 Å². The summed E-state index contributed by atoms with van der Waals surface area (Å²) in [4.78, 5) is 46.6. The number of nitro benzene ring substituents is 1. The van der Waals surface area contributed by atoms with Crippen LogP contribution in [-0.2, 0) is 4.79 Å². The van der Waals surface area contributed by atoms with E-state index in [1.807, 2.05) is 0 Å². The molecule has 2 aromatic carbocycles. The van der Waals surface area contributed by atoms with Crippen molar-refractivity contribution in [3.8, 4) is 0 Å². The lowest BCUT2D eigenvalue weighted by Crippen LogP contribution is -2.35. The Morgan fingerprint density at radius 3 is 2.23 bits per heavy atom. The SMILES string of the molecule is Cc1c(C(=O)NCCNC(=O)c2ccc(NC(=O)C3CC3)cc2)cccc1[N+](=O)[O-]. The van der Waals surface area contributed by atoms with Crippen LogP contribution in [0.1, 0.15) is 39.1 Å². The van der Waals surface area contributed by atoms with E-state index in [1.165, 1.54) is 25.1 Å². The molecule has 1 fully saturated rings. The molecule has 1 saturated carbocycles. The van der Waals surface area contributed by atoms with Gasteiger partial charge in [0.25, 0.3) is 17.5 Å². The summed E-state index contributed by atoms with van der Waals surface area (Å²) in [5.74, 6) is -0.645. The Labute approximate surface area is 173 Å². The monoisotopic (exact) mass is 410 g/mol. The van der Waals surface area contributed by atoms with Gasteiger partial charge in [-0.2, -0.15) is 0 Å². The summed E-state index contributed by atoms with van der Waals surface area (Å²) in [6.07, 6.45) is 1.84. The molecule has 3 amide bonds. The summed E-state index contributed by atoms with van der Waals surface area (Å²) >= 11 is 0. The fourth-order valence-corrected chi connectivity index (χ4v) is 2.91. The van der Waals surface area contributed by atoms with Crippen LogP contribution in [0, 0.1) is 23.0 Å². The summed E-state index contributed by atoms with van der Waals surface area (Å²) in [5, 5.41) is 19.1. The average Bonchev–Trinajstić information content (AvgIpc) is 3.57. The minimum Gasteiger partial charge on any atom is -0.350 e. The van der Waals surface area contributed by atoms with E-state index in [4.69, 9.17) is 0 Å². The second-order valence-electron chi connectivity index (χ2n) is 7.06. The first-order chi connectivity index (χ1) is 14.4. The number of carbonyl (C=O) groups excluding carboxylic acids is 3. The molecule has 1 aliphatic carbocycles. The molecule has 0 heterocycles. The van der Waals surface area contributed by atoms with E-state index in [0.717, 1.165) is 12.8 Å². The van der Waals surface area contributed by atoms with Gasteiger partial charge in [0, 0.05) is 47.5 Å². The molecule has 0 unspecified atom stereocenters. The van der Waals surface area contributed by atoms with E-state index in [2.05, 4.69) is 16.0 Å². The highest BCUT2D eigenvalue weighted by atomic mass is 16.6. The largest absolute Gasteiger partial charge is 0.350 e. The Morgan fingerprint density at radius 2 is 1.63 bits per heavy atom. The zero-order valence-corrected chi connectivity index (χ0v) is 16.4. The molecular formula is C21H22N4O5. The number of anilines is 1.